The zero-order valence-electron chi connectivity index (χ0n) is 11.1. The first-order valence-electron chi connectivity index (χ1n) is 6.11. The number of rotatable bonds is 2. The zero-order chi connectivity index (χ0) is 14.4. The van der Waals surface area contributed by atoms with Gasteiger partial charge >= 0.3 is 5.69 Å². The average Bonchev–Trinajstić information content (AvgIpc) is 2.59. The van der Waals surface area contributed by atoms with Gasteiger partial charge in [-0.2, -0.15) is 0 Å². The minimum atomic E-state index is -1.11. The Hall–Kier alpha value is -1.44. The highest BCUT2D eigenvalue weighted by Gasteiger charge is 2.50. The molecule has 3 N–H and O–H groups in total. The van der Waals surface area contributed by atoms with Gasteiger partial charge in [-0.05, 0) is 13.8 Å². The first-order valence-corrected chi connectivity index (χ1v) is 6.11. The highest BCUT2D eigenvalue weighted by molar-refractivity contribution is 5.05. The summed E-state index contributed by atoms with van der Waals surface area (Å²) in [7, 11) is 0. The normalized spacial score (nSPS) is 34.7. The molecule has 7 nitrogen and oxygen atoms in total. The minimum absolute atomic E-state index is 0.335. The summed E-state index contributed by atoms with van der Waals surface area (Å²) in [6.07, 6.45) is -0.224. The van der Waals surface area contributed by atoms with Crippen LogP contribution in [0.4, 0.5) is 0 Å². The average molecular weight is 270 g/mol. The van der Waals surface area contributed by atoms with Gasteiger partial charge in [0.2, 0.25) is 0 Å². The van der Waals surface area contributed by atoms with Crippen LogP contribution in [0.5, 0.6) is 0 Å². The molecule has 1 aliphatic heterocycles. The van der Waals surface area contributed by atoms with Gasteiger partial charge in [0, 0.05) is 17.7 Å². The molecule has 0 aromatic carbocycles. The first-order chi connectivity index (χ1) is 8.81. The van der Waals surface area contributed by atoms with Crippen LogP contribution in [0.2, 0.25) is 0 Å². The fraction of sp³-hybridized carbons (Fsp3) is 0.667. The molecule has 0 aliphatic carbocycles. The van der Waals surface area contributed by atoms with Crippen molar-refractivity contribution in [2.75, 3.05) is 6.61 Å². The van der Waals surface area contributed by atoms with Crippen LogP contribution >= 0.6 is 0 Å². The fourth-order valence-corrected chi connectivity index (χ4v) is 2.44. The van der Waals surface area contributed by atoms with Crippen molar-refractivity contribution in [1.82, 2.24) is 9.55 Å². The molecule has 1 aliphatic rings. The number of hydrogen-bond donors (Lipinski definition) is 3. The van der Waals surface area contributed by atoms with E-state index in [2.05, 4.69) is 4.98 Å². The highest BCUT2D eigenvalue weighted by atomic mass is 16.6. The maximum absolute atomic E-state index is 11.9. The standard InChI is InChI=1S/C12H18N2O5/c1-6-4-14(11(18)13-10(6)17)12(3)7(2)9(16)8(5-15)19-12/h4,7-9,15-16H,5H2,1-3H3,(H,13,17,18)/t7?,8-,9+,12-/m1/s1. The summed E-state index contributed by atoms with van der Waals surface area (Å²) in [6.45, 7) is 4.62. The predicted octanol–water partition coefficient (Wildman–Crippen LogP) is -1.09. The molecule has 19 heavy (non-hydrogen) atoms. The SMILES string of the molecule is Cc1cn([C@]2(C)O[C@H](CO)[C@@H](O)C2C)c(=O)[nH]c1=O. The molecular weight excluding hydrogens is 252 g/mol. The number of hydrogen-bond acceptors (Lipinski definition) is 5. The molecule has 2 rings (SSSR count). The smallest absolute Gasteiger partial charge is 0.330 e. The Morgan fingerprint density at radius 3 is 2.68 bits per heavy atom. The third-order valence-corrected chi connectivity index (χ3v) is 3.91. The van der Waals surface area contributed by atoms with Crippen LogP contribution in [0, 0.1) is 12.8 Å². The number of nitrogens with zero attached hydrogens (tertiary/aromatic N) is 1. The van der Waals surface area contributed by atoms with Crippen LogP contribution in [0.25, 0.3) is 0 Å². The lowest BCUT2D eigenvalue weighted by atomic mass is 9.94. The van der Waals surface area contributed by atoms with E-state index in [1.165, 1.54) is 10.8 Å². The van der Waals surface area contributed by atoms with Gasteiger partial charge in [0.1, 0.15) is 6.10 Å². The van der Waals surface area contributed by atoms with Crippen molar-refractivity contribution >= 4 is 0 Å². The number of aromatic amines is 1. The lowest BCUT2D eigenvalue weighted by Crippen LogP contribution is -2.46. The van der Waals surface area contributed by atoms with E-state index in [1.54, 1.807) is 20.8 Å². The lowest BCUT2D eigenvalue weighted by molar-refractivity contribution is -0.118. The van der Waals surface area contributed by atoms with Gasteiger partial charge < -0.3 is 14.9 Å². The van der Waals surface area contributed by atoms with Gasteiger partial charge in [-0.15, -0.1) is 0 Å². The van der Waals surface area contributed by atoms with E-state index >= 15 is 0 Å². The maximum Gasteiger partial charge on any atom is 0.330 e. The number of ether oxygens (including phenoxy) is 1. The number of H-pyrrole nitrogens is 1. The molecule has 1 fully saturated rings. The fourth-order valence-electron chi connectivity index (χ4n) is 2.44. The van der Waals surface area contributed by atoms with Crippen molar-refractivity contribution < 1.29 is 14.9 Å². The molecule has 1 unspecified atom stereocenters. The zero-order valence-corrected chi connectivity index (χ0v) is 11.1. The Labute approximate surface area is 109 Å². The van der Waals surface area contributed by atoms with Gasteiger partial charge in [-0.25, -0.2) is 4.79 Å². The van der Waals surface area contributed by atoms with E-state index in [-0.39, 0.29) is 6.61 Å². The molecule has 0 saturated carbocycles. The van der Waals surface area contributed by atoms with Crippen LogP contribution in [-0.4, -0.2) is 38.6 Å². The first kappa shape index (κ1) is 14.0. The van der Waals surface area contributed by atoms with Crippen molar-refractivity contribution in [3.63, 3.8) is 0 Å². The summed E-state index contributed by atoms with van der Waals surface area (Å²) in [5.41, 5.74) is -1.79. The molecule has 7 heteroatoms. The molecule has 106 valence electrons. The largest absolute Gasteiger partial charge is 0.394 e. The van der Waals surface area contributed by atoms with Gasteiger partial charge in [0.05, 0.1) is 12.7 Å². The Kier molecular flexibility index (Phi) is 3.38. The van der Waals surface area contributed by atoms with Crippen LogP contribution in [0.3, 0.4) is 0 Å². The van der Waals surface area contributed by atoms with E-state index in [0.717, 1.165) is 0 Å². The highest BCUT2D eigenvalue weighted by Crippen LogP contribution is 2.38. The molecular formula is C12H18N2O5. The summed E-state index contributed by atoms with van der Waals surface area (Å²) < 4.78 is 6.88. The molecule has 2 heterocycles. The lowest BCUT2D eigenvalue weighted by Gasteiger charge is -2.31. The number of nitrogens with one attached hydrogen (secondary N) is 1. The third-order valence-electron chi connectivity index (χ3n) is 3.91. The second-order valence-electron chi connectivity index (χ2n) is 5.11. The molecule has 0 bridgehead atoms. The Balaban J connectivity index is 2.55. The van der Waals surface area contributed by atoms with Gasteiger partial charge in [0.15, 0.2) is 5.72 Å². The minimum Gasteiger partial charge on any atom is -0.394 e. The predicted molar refractivity (Wildman–Crippen MR) is 66.8 cm³/mol. The molecule has 1 aromatic rings. The van der Waals surface area contributed by atoms with Crippen molar-refractivity contribution in [1.29, 1.82) is 0 Å². The van der Waals surface area contributed by atoms with Crippen molar-refractivity contribution in [3.05, 3.63) is 32.6 Å². The van der Waals surface area contributed by atoms with E-state index in [4.69, 9.17) is 4.74 Å². The maximum atomic E-state index is 11.9. The van der Waals surface area contributed by atoms with E-state index < -0.39 is 35.1 Å². The summed E-state index contributed by atoms with van der Waals surface area (Å²) in [5.74, 6) is -0.410. The number of aliphatic hydroxyl groups is 2. The number of aromatic nitrogens is 2. The Bertz CT molecular complexity index is 593. The number of aliphatic hydroxyl groups excluding tert-OH is 2. The van der Waals surface area contributed by atoms with Crippen molar-refractivity contribution in [3.8, 4) is 0 Å². The van der Waals surface area contributed by atoms with Crippen LogP contribution < -0.4 is 11.2 Å². The molecule has 1 saturated heterocycles. The molecule has 0 spiro atoms. The monoisotopic (exact) mass is 270 g/mol. The van der Waals surface area contributed by atoms with Crippen LogP contribution in [-0.2, 0) is 10.5 Å². The summed E-state index contributed by atoms with van der Waals surface area (Å²) in [6, 6.07) is 0. The molecule has 4 atom stereocenters. The van der Waals surface area contributed by atoms with Crippen molar-refractivity contribution in [2.24, 2.45) is 5.92 Å². The third kappa shape index (κ3) is 2.03. The summed E-state index contributed by atoms with van der Waals surface area (Å²) >= 11 is 0. The Morgan fingerprint density at radius 2 is 2.16 bits per heavy atom. The van der Waals surface area contributed by atoms with Crippen LogP contribution in [0.15, 0.2) is 15.8 Å². The van der Waals surface area contributed by atoms with Gasteiger partial charge in [0.25, 0.3) is 5.56 Å². The van der Waals surface area contributed by atoms with Crippen molar-refractivity contribution in [2.45, 2.75) is 38.7 Å². The van der Waals surface area contributed by atoms with Gasteiger partial charge in [-0.3, -0.25) is 14.3 Å². The quantitative estimate of drug-likeness (QED) is 0.633. The van der Waals surface area contributed by atoms with Gasteiger partial charge in [-0.1, -0.05) is 6.92 Å². The Morgan fingerprint density at radius 1 is 1.53 bits per heavy atom. The molecule has 1 aromatic heterocycles. The number of aryl methyl sites for hydroxylation is 1. The van der Waals surface area contributed by atoms with E-state index in [0.29, 0.717) is 5.56 Å². The second kappa shape index (κ2) is 4.59. The van der Waals surface area contributed by atoms with Crippen LogP contribution in [0.1, 0.15) is 19.4 Å². The van der Waals surface area contributed by atoms with E-state index in [9.17, 15) is 19.8 Å². The van der Waals surface area contributed by atoms with E-state index in [1.807, 2.05) is 0 Å². The summed E-state index contributed by atoms with van der Waals surface area (Å²) in [4.78, 5) is 25.5. The summed E-state index contributed by atoms with van der Waals surface area (Å²) in [5, 5.41) is 19.2. The molecule has 0 amide bonds. The molecule has 0 radical (unpaired) electrons. The second-order valence-corrected chi connectivity index (χ2v) is 5.11. The topological polar surface area (TPSA) is 105 Å².